The number of furan rings is 1. The first-order valence-corrected chi connectivity index (χ1v) is 4.76. The predicted octanol–water partition coefficient (Wildman–Crippen LogP) is 1.19. The molecule has 3 N–H and O–H groups in total. The van der Waals surface area contributed by atoms with Crippen LogP contribution in [0.25, 0.3) is 0 Å². The molecule has 2 rings (SSSR count). The van der Waals surface area contributed by atoms with Gasteiger partial charge in [-0.25, -0.2) is 0 Å². The molecular weight excluding hydrogens is 206 g/mol. The molecule has 16 heavy (non-hydrogen) atoms. The van der Waals surface area contributed by atoms with Crippen LogP contribution in [0.5, 0.6) is 0 Å². The SMILES string of the molecule is Nc1ccncc1C(=O)NCc1ccoc1. The van der Waals surface area contributed by atoms with E-state index in [0.29, 0.717) is 17.8 Å². The summed E-state index contributed by atoms with van der Waals surface area (Å²) in [4.78, 5) is 15.6. The Balaban J connectivity index is 2.01. The van der Waals surface area contributed by atoms with Crippen LogP contribution in [0.15, 0.2) is 41.5 Å². The molecule has 5 heteroatoms. The summed E-state index contributed by atoms with van der Waals surface area (Å²) in [6.07, 6.45) is 6.12. The third-order valence-corrected chi connectivity index (χ3v) is 2.13. The Bertz CT molecular complexity index is 480. The van der Waals surface area contributed by atoms with Crippen molar-refractivity contribution in [1.29, 1.82) is 0 Å². The fourth-order valence-electron chi connectivity index (χ4n) is 1.27. The molecule has 2 heterocycles. The van der Waals surface area contributed by atoms with E-state index in [-0.39, 0.29) is 5.91 Å². The molecule has 0 fully saturated rings. The second kappa shape index (κ2) is 4.48. The van der Waals surface area contributed by atoms with E-state index in [9.17, 15) is 4.79 Å². The molecule has 0 aliphatic carbocycles. The van der Waals surface area contributed by atoms with Crippen molar-refractivity contribution in [3.8, 4) is 0 Å². The van der Waals surface area contributed by atoms with Gasteiger partial charge in [0.1, 0.15) is 0 Å². The minimum atomic E-state index is -0.244. The van der Waals surface area contributed by atoms with Gasteiger partial charge in [0.15, 0.2) is 0 Å². The van der Waals surface area contributed by atoms with E-state index in [1.165, 1.54) is 6.20 Å². The zero-order chi connectivity index (χ0) is 11.4. The van der Waals surface area contributed by atoms with E-state index >= 15 is 0 Å². The van der Waals surface area contributed by atoms with Crippen LogP contribution in [0.4, 0.5) is 5.69 Å². The Morgan fingerprint density at radius 1 is 1.50 bits per heavy atom. The maximum absolute atomic E-state index is 11.7. The van der Waals surface area contributed by atoms with Gasteiger partial charge >= 0.3 is 0 Å². The van der Waals surface area contributed by atoms with Crippen molar-refractivity contribution in [2.24, 2.45) is 0 Å². The van der Waals surface area contributed by atoms with E-state index < -0.39 is 0 Å². The van der Waals surface area contributed by atoms with Gasteiger partial charge in [0, 0.05) is 30.2 Å². The molecule has 0 unspecified atom stereocenters. The Morgan fingerprint density at radius 2 is 2.38 bits per heavy atom. The summed E-state index contributed by atoms with van der Waals surface area (Å²) >= 11 is 0. The van der Waals surface area contributed by atoms with Crippen LogP contribution < -0.4 is 11.1 Å². The van der Waals surface area contributed by atoms with Crippen molar-refractivity contribution in [3.63, 3.8) is 0 Å². The largest absolute Gasteiger partial charge is 0.472 e. The minimum absolute atomic E-state index is 0.244. The third kappa shape index (κ3) is 2.20. The molecule has 0 aliphatic rings. The van der Waals surface area contributed by atoms with Crippen molar-refractivity contribution >= 4 is 11.6 Å². The highest BCUT2D eigenvalue weighted by Gasteiger charge is 2.08. The molecule has 1 amide bonds. The van der Waals surface area contributed by atoms with Crippen LogP contribution in [0, 0.1) is 0 Å². The van der Waals surface area contributed by atoms with Gasteiger partial charge < -0.3 is 15.5 Å². The number of amides is 1. The minimum Gasteiger partial charge on any atom is -0.472 e. The van der Waals surface area contributed by atoms with Crippen molar-refractivity contribution in [3.05, 3.63) is 48.2 Å². The fourth-order valence-corrected chi connectivity index (χ4v) is 1.27. The maximum atomic E-state index is 11.7. The summed E-state index contributed by atoms with van der Waals surface area (Å²) < 4.78 is 4.89. The second-order valence-corrected chi connectivity index (χ2v) is 3.28. The van der Waals surface area contributed by atoms with Gasteiger partial charge in [-0.2, -0.15) is 0 Å². The molecule has 0 aliphatic heterocycles. The maximum Gasteiger partial charge on any atom is 0.255 e. The monoisotopic (exact) mass is 217 g/mol. The summed E-state index contributed by atoms with van der Waals surface area (Å²) in [6.45, 7) is 0.406. The lowest BCUT2D eigenvalue weighted by molar-refractivity contribution is 0.0951. The number of nitrogens with zero attached hydrogens (tertiary/aromatic N) is 1. The highest BCUT2D eigenvalue weighted by atomic mass is 16.3. The lowest BCUT2D eigenvalue weighted by Gasteiger charge is -2.05. The molecule has 2 aromatic heterocycles. The van der Waals surface area contributed by atoms with Crippen LogP contribution in [-0.2, 0) is 6.54 Å². The number of carbonyl (C=O) groups is 1. The molecule has 0 atom stereocenters. The van der Waals surface area contributed by atoms with Gasteiger partial charge in [0.25, 0.3) is 5.91 Å². The number of nitrogen functional groups attached to an aromatic ring is 1. The number of hydrogen-bond donors (Lipinski definition) is 2. The average Bonchev–Trinajstić information content (AvgIpc) is 2.79. The molecule has 0 saturated carbocycles. The van der Waals surface area contributed by atoms with Crippen LogP contribution >= 0.6 is 0 Å². The normalized spacial score (nSPS) is 10.0. The first-order chi connectivity index (χ1) is 7.77. The quantitative estimate of drug-likeness (QED) is 0.809. The van der Waals surface area contributed by atoms with E-state index in [1.54, 1.807) is 30.9 Å². The van der Waals surface area contributed by atoms with Gasteiger partial charge in [-0.1, -0.05) is 0 Å². The molecule has 0 saturated heterocycles. The molecule has 0 aromatic carbocycles. The van der Waals surface area contributed by atoms with Crippen molar-refractivity contribution in [1.82, 2.24) is 10.3 Å². The average molecular weight is 217 g/mol. The van der Waals surface area contributed by atoms with E-state index in [2.05, 4.69) is 10.3 Å². The van der Waals surface area contributed by atoms with Gasteiger partial charge in [-0.3, -0.25) is 9.78 Å². The first-order valence-electron chi connectivity index (χ1n) is 4.76. The summed E-state index contributed by atoms with van der Waals surface area (Å²) in [5.74, 6) is -0.244. The van der Waals surface area contributed by atoms with Crippen molar-refractivity contribution < 1.29 is 9.21 Å². The number of nitrogens with two attached hydrogens (primary N) is 1. The fraction of sp³-hybridized carbons (Fsp3) is 0.0909. The summed E-state index contributed by atoms with van der Waals surface area (Å²) in [5, 5.41) is 2.72. The van der Waals surface area contributed by atoms with Crippen molar-refractivity contribution in [2.75, 3.05) is 5.73 Å². The van der Waals surface area contributed by atoms with Crippen LogP contribution in [0.3, 0.4) is 0 Å². The number of aromatic nitrogens is 1. The van der Waals surface area contributed by atoms with E-state index in [1.807, 2.05) is 0 Å². The van der Waals surface area contributed by atoms with Crippen LogP contribution in [0.1, 0.15) is 15.9 Å². The smallest absolute Gasteiger partial charge is 0.255 e. The number of carbonyl (C=O) groups excluding carboxylic acids is 1. The third-order valence-electron chi connectivity index (χ3n) is 2.13. The van der Waals surface area contributed by atoms with Crippen molar-refractivity contribution in [2.45, 2.75) is 6.54 Å². The van der Waals surface area contributed by atoms with Gasteiger partial charge in [-0.15, -0.1) is 0 Å². The Hall–Kier alpha value is -2.30. The number of anilines is 1. The molecule has 82 valence electrons. The zero-order valence-corrected chi connectivity index (χ0v) is 8.51. The Morgan fingerprint density at radius 3 is 3.06 bits per heavy atom. The highest BCUT2D eigenvalue weighted by molar-refractivity contribution is 5.98. The van der Waals surface area contributed by atoms with E-state index in [0.717, 1.165) is 5.56 Å². The number of nitrogens with one attached hydrogen (secondary N) is 1. The lowest BCUT2D eigenvalue weighted by atomic mass is 10.2. The number of pyridine rings is 1. The molecule has 0 bridgehead atoms. The zero-order valence-electron chi connectivity index (χ0n) is 8.51. The standard InChI is InChI=1S/C11H11N3O2/c12-10-1-3-13-6-9(10)11(15)14-5-8-2-4-16-7-8/h1-4,6-7H,5H2,(H2,12,13)(H,14,15). The van der Waals surface area contributed by atoms with Crippen LogP contribution in [-0.4, -0.2) is 10.9 Å². The summed E-state index contributed by atoms with van der Waals surface area (Å²) in [5.41, 5.74) is 7.35. The molecule has 0 radical (unpaired) electrons. The predicted molar refractivity (Wildman–Crippen MR) is 58.5 cm³/mol. The topological polar surface area (TPSA) is 81.1 Å². The summed E-state index contributed by atoms with van der Waals surface area (Å²) in [6, 6.07) is 3.37. The summed E-state index contributed by atoms with van der Waals surface area (Å²) in [7, 11) is 0. The Labute approximate surface area is 92.3 Å². The first kappa shape index (κ1) is 10.2. The highest BCUT2D eigenvalue weighted by Crippen LogP contribution is 2.08. The van der Waals surface area contributed by atoms with Crippen LogP contribution in [0.2, 0.25) is 0 Å². The van der Waals surface area contributed by atoms with E-state index in [4.69, 9.17) is 10.2 Å². The van der Waals surface area contributed by atoms with Gasteiger partial charge in [-0.05, 0) is 12.1 Å². The molecule has 2 aromatic rings. The second-order valence-electron chi connectivity index (χ2n) is 3.28. The Kier molecular flexibility index (Phi) is 2.86. The lowest BCUT2D eigenvalue weighted by Crippen LogP contribution is -2.23. The van der Waals surface area contributed by atoms with Gasteiger partial charge in [0.05, 0.1) is 18.1 Å². The number of hydrogen-bond acceptors (Lipinski definition) is 4. The van der Waals surface area contributed by atoms with Gasteiger partial charge in [0.2, 0.25) is 0 Å². The molecular formula is C11H11N3O2. The number of rotatable bonds is 3. The molecule has 5 nitrogen and oxygen atoms in total. The molecule has 0 spiro atoms.